The van der Waals surface area contributed by atoms with E-state index in [1.54, 1.807) is 48.4 Å². The van der Waals surface area contributed by atoms with E-state index >= 15 is 0 Å². The minimum atomic E-state index is -3.36. The van der Waals surface area contributed by atoms with Crippen LogP contribution in [0.1, 0.15) is 12.8 Å². The molecule has 2 aromatic carbocycles. The van der Waals surface area contributed by atoms with Gasteiger partial charge in [-0.25, -0.2) is 13.4 Å². The van der Waals surface area contributed by atoms with Crippen molar-refractivity contribution in [2.45, 2.75) is 17.7 Å². The summed E-state index contributed by atoms with van der Waals surface area (Å²) in [7, 11) is -1.75. The fourth-order valence-electron chi connectivity index (χ4n) is 3.71. The third-order valence-electron chi connectivity index (χ3n) is 5.48. The topological polar surface area (TPSA) is 79.8 Å². The summed E-state index contributed by atoms with van der Waals surface area (Å²) in [6.07, 6.45) is 0.534. The minimum absolute atomic E-state index is 0.0121. The van der Waals surface area contributed by atoms with Crippen LogP contribution < -0.4 is 9.64 Å². The first-order chi connectivity index (χ1) is 15.4. The zero-order valence-electron chi connectivity index (χ0n) is 17.7. The third kappa shape index (κ3) is 4.84. The molecule has 0 bridgehead atoms. The molecule has 1 aliphatic rings. The molecule has 7 nitrogen and oxygen atoms in total. The highest BCUT2D eigenvalue weighted by Crippen LogP contribution is 2.38. The molecule has 3 aromatic rings. The van der Waals surface area contributed by atoms with E-state index < -0.39 is 9.84 Å². The Kier molecular flexibility index (Phi) is 6.88. The van der Waals surface area contributed by atoms with Crippen LogP contribution in [0, 0.1) is 0 Å². The molecule has 4 rings (SSSR count). The number of halogens is 1. The highest BCUT2D eigenvalue weighted by molar-refractivity contribution is 7.91. The number of rotatable bonds is 7. The number of hydrogen-bond acceptors (Lipinski definition) is 7. The number of hydrogen-bond donors (Lipinski definition) is 0. The van der Waals surface area contributed by atoms with Crippen molar-refractivity contribution >= 4 is 54.0 Å². The molecule has 1 aliphatic heterocycles. The lowest BCUT2D eigenvalue weighted by Crippen LogP contribution is -2.48. The Morgan fingerprint density at radius 3 is 2.53 bits per heavy atom. The van der Waals surface area contributed by atoms with Gasteiger partial charge in [0.2, 0.25) is 5.91 Å². The standard InChI is InChI=1S/C22H24ClN3O4S2/c1-30-18-10-9-17(23)21-20(18)24-22(31-21)26-13-11-25(12-14-26)19(27)8-5-15-32(28,29)16-6-3-2-4-7-16/h2-4,6-7,9-10H,5,8,11-15H2,1H3. The number of benzene rings is 2. The number of anilines is 1. The minimum Gasteiger partial charge on any atom is -0.494 e. The van der Waals surface area contributed by atoms with Crippen molar-refractivity contribution in [3.63, 3.8) is 0 Å². The number of methoxy groups -OCH3 is 1. The Labute approximate surface area is 196 Å². The van der Waals surface area contributed by atoms with Crippen molar-refractivity contribution in [3.8, 4) is 5.75 Å². The summed E-state index contributed by atoms with van der Waals surface area (Å²) in [4.78, 5) is 21.5. The monoisotopic (exact) mass is 493 g/mol. The number of carbonyl (C=O) groups excluding carboxylic acids is 1. The third-order valence-corrected chi connectivity index (χ3v) is 8.87. The van der Waals surface area contributed by atoms with Crippen LogP contribution in [-0.4, -0.2) is 63.3 Å². The quantitative estimate of drug-likeness (QED) is 0.497. The number of amides is 1. The van der Waals surface area contributed by atoms with Crippen LogP contribution in [0.25, 0.3) is 10.2 Å². The Balaban J connectivity index is 1.31. The molecule has 1 amide bonds. The van der Waals surface area contributed by atoms with Gasteiger partial charge in [0.15, 0.2) is 15.0 Å². The van der Waals surface area contributed by atoms with Gasteiger partial charge in [0.1, 0.15) is 11.3 Å². The van der Waals surface area contributed by atoms with Crippen LogP contribution in [0.5, 0.6) is 5.75 Å². The highest BCUT2D eigenvalue weighted by atomic mass is 35.5. The summed E-state index contributed by atoms with van der Waals surface area (Å²) in [6.45, 7) is 2.47. The molecule has 0 aliphatic carbocycles. The van der Waals surface area contributed by atoms with E-state index in [2.05, 4.69) is 4.90 Å². The summed E-state index contributed by atoms with van der Waals surface area (Å²) in [6, 6.07) is 12.0. The number of piperazine rings is 1. The van der Waals surface area contributed by atoms with Gasteiger partial charge in [0, 0.05) is 32.6 Å². The van der Waals surface area contributed by atoms with E-state index in [0.29, 0.717) is 48.3 Å². The zero-order valence-corrected chi connectivity index (χ0v) is 20.0. The van der Waals surface area contributed by atoms with Crippen molar-refractivity contribution < 1.29 is 17.9 Å². The lowest BCUT2D eigenvalue weighted by atomic mass is 10.2. The van der Waals surface area contributed by atoms with Gasteiger partial charge >= 0.3 is 0 Å². The predicted octanol–water partition coefficient (Wildman–Crippen LogP) is 3.86. The van der Waals surface area contributed by atoms with Gasteiger partial charge in [0.05, 0.1) is 27.5 Å². The van der Waals surface area contributed by atoms with E-state index in [9.17, 15) is 13.2 Å². The zero-order chi connectivity index (χ0) is 22.7. The molecule has 2 heterocycles. The Morgan fingerprint density at radius 2 is 1.84 bits per heavy atom. The number of nitrogens with zero attached hydrogens (tertiary/aromatic N) is 3. The van der Waals surface area contributed by atoms with E-state index in [4.69, 9.17) is 21.3 Å². The Hall–Kier alpha value is -2.36. The van der Waals surface area contributed by atoms with Crippen LogP contribution >= 0.6 is 22.9 Å². The predicted molar refractivity (Wildman–Crippen MR) is 128 cm³/mol. The maximum absolute atomic E-state index is 12.6. The molecule has 170 valence electrons. The molecule has 1 saturated heterocycles. The first kappa shape index (κ1) is 22.8. The van der Waals surface area contributed by atoms with E-state index in [0.717, 1.165) is 15.3 Å². The number of fused-ring (bicyclic) bond motifs is 1. The molecule has 1 aromatic heterocycles. The van der Waals surface area contributed by atoms with Gasteiger partial charge in [-0.1, -0.05) is 41.1 Å². The average Bonchev–Trinajstić information content (AvgIpc) is 3.26. The van der Waals surface area contributed by atoms with Crippen LogP contribution in [0.3, 0.4) is 0 Å². The summed E-state index contributed by atoms with van der Waals surface area (Å²) < 4.78 is 31.0. The van der Waals surface area contributed by atoms with Crippen LogP contribution in [0.4, 0.5) is 5.13 Å². The second-order valence-corrected chi connectivity index (χ2v) is 11.0. The van der Waals surface area contributed by atoms with E-state index in [1.165, 1.54) is 11.3 Å². The number of ether oxygens (including phenoxy) is 1. The molecule has 32 heavy (non-hydrogen) atoms. The molecule has 10 heteroatoms. The summed E-state index contributed by atoms with van der Waals surface area (Å²) in [5.74, 6) is 0.643. The molecular weight excluding hydrogens is 470 g/mol. The molecule has 0 unspecified atom stereocenters. The first-order valence-electron chi connectivity index (χ1n) is 10.3. The van der Waals surface area contributed by atoms with Gasteiger partial charge in [-0.15, -0.1) is 0 Å². The van der Waals surface area contributed by atoms with Gasteiger partial charge in [-0.05, 0) is 30.7 Å². The second-order valence-electron chi connectivity index (χ2n) is 7.53. The van der Waals surface area contributed by atoms with Gasteiger partial charge in [-0.3, -0.25) is 4.79 Å². The smallest absolute Gasteiger partial charge is 0.222 e. The van der Waals surface area contributed by atoms with Gasteiger partial charge in [-0.2, -0.15) is 0 Å². The van der Waals surface area contributed by atoms with Crippen molar-refractivity contribution in [2.24, 2.45) is 0 Å². The fraction of sp³-hybridized carbons (Fsp3) is 0.364. The van der Waals surface area contributed by atoms with Crippen molar-refractivity contribution in [3.05, 3.63) is 47.5 Å². The molecule has 0 atom stereocenters. The Morgan fingerprint density at radius 1 is 1.12 bits per heavy atom. The number of thiazole rings is 1. The second kappa shape index (κ2) is 9.64. The largest absolute Gasteiger partial charge is 0.494 e. The molecule has 1 fully saturated rings. The number of sulfone groups is 1. The SMILES string of the molecule is COc1ccc(Cl)c2sc(N3CCN(C(=O)CCCS(=O)(=O)c4ccccc4)CC3)nc12. The summed E-state index contributed by atoms with van der Waals surface area (Å²) >= 11 is 7.84. The van der Waals surface area contributed by atoms with E-state index in [1.807, 2.05) is 6.07 Å². The van der Waals surface area contributed by atoms with Crippen molar-refractivity contribution in [2.75, 3.05) is 43.9 Å². The first-order valence-corrected chi connectivity index (χ1v) is 13.2. The normalized spacial score (nSPS) is 14.7. The maximum atomic E-state index is 12.6. The molecule has 0 radical (unpaired) electrons. The lowest BCUT2D eigenvalue weighted by molar-refractivity contribution is -0.131. The van der Waals surface area contributed by atoms with Crippen LogP contribution in [0.15, 0.2) is 47.4 Å². The lowest BCUT2D eigenvalue weighted by Gasteiger charge is -2.34. The number of aromatic nitrogens is 1. The molecule has 0 saturated carbocycles. The van der Waals surface area contributed by atoms with Crippen LogP contribution in [0.2, 0.25) is 5.02 Å². The van der Waals surface area contributed by atoms with Gasteiger partial charge < -0.3 is 14.5 Å². The maximum Gasteiger partial charge on any atom is 0.222 e. The Bertz CT molecular complexity index is 1210. The average molecular weight is 494 g/mol. The summed E-state index contributed by atoms with van der Waals surface area (Å²) in [5.41, 5.74) is 0.748. The van der Waals surface area contributed by atoms with Gasteiger partial charge in [0.25, 0.3) is 0 Å². The summed E-state index contributed by atoms with van der Waals surface area (Å²) in [5, 5.41) is 1.50. The van der Waals surface area contributed by atoms with E-state index in [-0.39, 0.29) is 18.1 Å². The van der Waals surface area contributed by atoms with Crippen molar-refractivity contribution in [1.29, 1.82) is 0 Å². The number of carbonyl (C=O) groups is 1. The van der Waals surface area contributed by atoms with Crippen molar-refractivity contribution in [1.82, 2.24) is 9.88 Å². The molecular formula is C22H24ClN3O4S2. The van der Waals surface area contributed by atoms with Crippen LogP contribution in [-0.2, 0) is 14.6 Å². The highest BCUT2D eigenvalue weighted by Gasteiger charge is 2.24. The molecule has 0 spiro atoms. The fourth-order valence-corrected chi connectivity index (χ4v) is 6.35. The molecule has 0 N–H and O–H groups in total.